The highest BCUT2D eigenvalue weighted by Gasteiger charge is 2.57. The van der Waals surface area contributed by atoms with Gasteiger partial charge in [-0.15, -0.1) is 0 Å². The number of anilines is 1. The third-order valence-corrected chi connectivity index (χ3v) is 7.63. The minimum absolute atomic E-state index is 0.0659. The molecule has 5 rings (SSSR count). The summed E-state index contributed by atoms with van der Waals surface area (Å²) in [6, 6.07) is 6.42. The molecular weight excluding hydrogens is 460 g/mol. The maximum Gasteiger partial charge on any atom is 0.332 e. The summed E-state index contributed by atoms with van der Waals surface area (Å²) in [6.07, 6.45) is 3.73. The van der Waals surface area contributed by atoms with Gasteiger partial charge in [-0.1, -0.05) is 28.9 Å². The highest BCUT2D eigenvalue weighted by atomic mass is 79.9. The Bertz CT molecular complexity index is 1330. The fourth-order valence-electron chi connectivity index (χ4n) is 5.63. The molecule has 0 amide bonds. The average Bonchev–Trinajstić information content (AvgIpc) is 3.25. The summed E-state index contributed by atoms with van der Waals surface area (Å²) in [5.41, 5.74) is 2.79. The molecule has 0 bridgehead atoms. The zero-order chi connectivity index (χ0) is 22.1. The van der Waals surface area contributed by atoms with Crippen LogP contribution in [0, 0.1) is 0 Å². The number of likely N-dealkylation sites (tertiary alicyclic amines) is 1. The zero-order valence-corrected chi connectivity index (χ0v) is 19.6. The molecule has 31 heavy (non-hydrogen) atoms. The third kappa shape index (κ3) is 2.69. The van der Waals surface area contributed by atoms with Gasteiger partial charge in [0.15, 0.2) is 11.2 Å². The van der Waals surface area contributed by atoms with E-state index in [0.29, 0.717) is 5.65 Å². The number of nitrogens with one attached hydrogen (secondary N) is 1. The summed E-state index contributed by atoms with van der Waals surface area (Å²) in [4.78, 5) is 36.8. The molecule has 1 fully saturated rings. The van der Waals surface area contributed by atoms with Crippen molar-refractivity contribution in [2.24, 2.45) is 14.1 Å². The van der Waals surface area contributed by atoms with Crippen LogP contribution in [0.1, 0.15) is 36.9 Å². The third-order valence-electron chi connectivity index (χ3n) is 7.14. The Labute approximate surface area is 188 Å². The van der Waals surface area contributed by atoms with Gasteiger partial charge in [0, 0.05) is 42.1 Å². The molecule has 9 heteroatoms. The van der Waals surface area contributed by atoms with Gasteiger partial charge in [-0.25, -0.2) is 14.8 Å². The summed E-state index contributed by atoms with van der Waals surface area (Å²) in [6.45, 7) is 3.14. The molecule has 4 heterocycles. The summed E-state index contributed by atoms with van der Waals surface area (Å²) in [7, 11) is 5.24. The maximum absolute atomic E-state index is 12.8. The quantitative estimate of drug-likeness (QED) is 0.613. The molecule has 3 aromatic rings. The Kier molecular flexibility index (Phi) is 4.60. The van der Waals surface area contributed by atoms with E-state index >= 15 is 0 Å². The molecule has 0 aliphatic carbocycles. The van der Waals surface area contributed by atoms with Crippen molar-refractivity contribution in [2.45, 2.75) is 37.3 Å². The molecule has 0 radical (unpaired) electrons. The number of hydrogen-bond acceptors (Lipinski definition) is 6. The van der Waals surface area contributed by atoms with Crippen LogP contribution in [0.4, 0.5) is 5.69 Å². The van der Waals surface area contributed by atoms with Crippen LogP contribution in [0.3, 0.4) is 0 Å². The average molecular weight is 485 g/mol. The van der Waals surface area contributed by atoms with Crippen molar-refractivity contribution in [3.05, 3.63) is 61.0 Å². The summed E-state index contributed by atoms with van der Waals surface area (Å²) >= 11 is 3.59. The normalized spacial score (nSPS) is 23.6. The first-order chi connectivity index (χ1) is 14.8. The van der Waals surface area contributed by atoms with Gasteiger partial charge >= 0.3 is 5.69 Å². The van der Waals surface area contributed by atoms with Crippen molar-refractivity contribution in [3.63, 3.8) is 0 Å². The van der Waals surface area contributed by atoms with Crippen LogP contribution in [0.25, 0.3) is 11.2 Å². The first kappa shape index (κ1) is 20.4. The Hall–Kier alpha value is -2.52. The van der Waals surface area contributed by atoms with Crippen LogP contribution in [-0.2, 0) is 19.5 Å². The predicted molar refractivity (Wildman–Crippen MR) is 124 cm³/mol. The lowest BCUT2D eigenvalue weighted by Gasteiger charge is -2.38. The number of aromatic nitrogens is 4. The van der Waals surface area contributed by atoms with E-state index in [1.54, 1.807) is 13.2 Å². The van der Waals surface area contributed by atoms with Gasteiger partial charge < -0.3 is 5.32 Å². The van der Waals surface area contributed by atoms with Crippen LogP contribution in [-0.4, -0.2) is 43.8 Å². The molecule has 0 spiro atoms. The van der Waals surface area contributed by atoms with Crippen LogP contribution in [0.5, 0.6) is 0 Å². The van der Waals surface area contributed by atoms with Crippen molar-refractivity contribution in [1.29, 1.82) is 0 Å². The first-order valence-corrected chi connectivity index (χ1v) is 11.3. The predicted octanol–water partition coefficient (Wildman–Crippen LogP) is 2.31. The largest absolute Gasteiger partial charge is 0.369 e. The number of halogens is 1. The fourth-order valence-corrected chi connectivity index (χ4v) is 6.00. The molecule has 2 aliphatic heterocycles. The molecular formula is C22H25BrN6O2. The second kappa shape index (κ2) is 7.00. The highest BCUT2D eigenvalue weighted by Crippen LogP contribution is 2.56. The summed E-state index contributed by atoms with van der Waals surface area (Å²) < 4.78 is 3.51. The van der Waals surface area contributed by atoms with Crippen molar-refractivity contribution < 1.29 is 0 Å². The fraction of sp³-hybridized carbons (Fsp3) is 0.455. The van der Waals surface area contributed by atoms with Gasteiger partial charge in [-0.2, -0.15) is 0 Å². The Morgan fingerprint density at radius 3 is 2.77 bits per heavy atom. The first-order valence-electron chi connectivity index (χ1n) is 10.5. The lowest BCUT2D eigenvalue weighted by molar-refractivity contribution is 0.247. The Morgan fingerprint density at radius 1 is 1.26 bits per heavy atom. The molecule has 2 aliphatic rings. The summed E-state index contributed by atoms with van der Waals surface area (Å²) in [5, 5.41) is 3.72. The highest BCUT2D eigenvalue weighted by molar-refractivity contribution is 9.10. The van der Waals surface area contributed by atoms with Gasteiger partial charge in [0.05, 0.1) is 18.1 Å². The maximum atomic E-state index is 12.8. The number of likely N-dealkylation sites (N-methyl/N-ethyl adjacent to an activating group) is 1. The van der Waals surface area contributed by atoms with Gasteiger partial charge in [0.2, 0.25) is 0 Å². The molecule has 0 saturated carbocycles. The molecule has 8 nitrogen and oxygen atoms in total. The van der Waals surface area contributed by atoms with E-state index < -0.39 is 11.2 Å². The smallest absolute Gasteiger partial charge is 0.332 e. The number of fused-ring (bicyclic) bond motifs is 4. The molecule has 3 atom stereocenters. The summed E-state index contributed by atoms with van der Waals surface area (Å²) in [5.74, 6) is 0.0659. The van der Waals surface area contributed by atoms with E-state index in [1.165, 1.54) is 17.2 Å². The monoisotopic (exact) mass is 484 g/mol. The van der Waals surface area contributed by atoms with Crippen molar-refractivity contribution in [1.82, 2.24) is 24.0 Å². The zero-order valence-electron chi connectivity index (χ0n) is 18.0. The second-order valence-corrected chi connectivity index (χ2v) is 9.56. The van der Waals surface area contributed by atoms with Crippen molar-refractivity contribution >= 4 is 32.8 Å². The molecule has 1 saturated heterocycles. The van der Waals surface area contributed by atoms with Gasteiger partial charge in [0.1, 0.15) is 0 Å². The van der Waals surface area contributed by atoms with Crippen molar-refractivity contribution in [3.8, 4) is 0 Å². The van der Waals surface area contributed by atoms with Crippen LogP contribution < -0.4 is 16.6 Å². The topological polar surface area (TPSA) is 85.0 Å². The van der Waals surface area contributed by atoms with E-state index in [2.05, 4.69) is 63.3 Å². The number of benzene rings is 1. The van der Waals surface area contributed by atoms with Gasteiger partial charge in [0.25, 0.3) is 5.56 Å². The molecule has 1 N–H and O–H groups in total. The van der Waals surface area contributed by atoms with Crippen LogP contribution in [0.2, 0.25) is 0 Å². The SMILES string of the molecule is CC[C@H](c1cnc2c(n1)c(=O)n(C)c(=O)n2C)[C@@]12CCN(C)[C@@H]1Nc1cc(Br)ccc12. The molecule has 2 aromatic heterocycles. The number of hydrogen-bond donors (Lipinski definition) is 1. The number of nitrogens with zero attached hydrogens (tertiary/aromatic N) is 5. The number of rotatable bonds is 3. The Morgan fingerprint density at radius 2 is 2.03 bits per heavy atom. The minimum atomic E-state index is -0.409. The van der Waals surface area contributed by atoms with E-state index in [1.807, 2.05) is 0 Å². The van der Waals surface area contributed by atoms with E-state index in [4.69, 9.17) is 4.98 Å². The van der Waals surface area contributed by atoms with E-state index in [-0.39, 0.29) is 23.0 Å². The molecule has 0 unspecified atom stereocenters. The van der Waals surface area contributed by atoms with Crippen LogP contribution >= 0.6 is 15.9 Å². The van der Waals surface area contributed by atoms with Crippen LogP contribution in [0.15, 0.2) is 38.5 Å². The second-order valence-electron chi connectivity index (χ2n) is 8.64. The van der Waals surface area contributed by atoms with E-state index in [9.17, 15) is 9.59 Å². The minimum Gasteiger partial charge on any atom is -0.369 e. The standard InChI is InChI=1S/C22H25BrN6O2/c1-5-13(16-11-24-18-17(25-16)19(30)29(4)21(31)28(18)3)22-8-9-27(2)20(22)26-15-10-12(23)6-7-14(15)22/h6-7,10-11,13,20,26H,5,8-9H2,1-4H3/t13-,20+,22-/m1/s1. The molecule has 1 aromatic carbocycles. The number of aryl methyl sites for hydroxylation is 1. The van der Waals surface area contributed by atoms with Crippen molar-refractivity contribution in [2.75, 3.05) is 18.9 Å². The lowest BCUT2D eigenvalue weighted by atomic mass is 9.67. The Balaban J connectivity index is 1.74. The van der Waals surface area contributed by atoms with Gasteiger partial charge in [-0.05, 0) is 37.6 Å². The molecule has 162 valence electrons. The lowest BCUT2D eigenvalue weighted by Crippen LogP contribution is -2.45. The van der Waals surface area contributed by atoms with Gasteiger partial charge in [-0.3, -0.25) is 18.8 Å². The van der Waals surface area contributed by atoms with E-state index in [0.717, 1.165) is 39.8 Å².